The van der Waals surface area contributed by atoms with Crippen LogP contribution in [0.5, 0.6) is 0 Å². The highest BCUT2D eigenvalue weighted by molar-refractivity contribution is 5.98. The smallest absolute Gasteiger partial charge is 0.0953 e. The Morgan fingerprint density at radius 3 is 3.10 bits per heavy atom. The number of nitrogens with two attached hydrogens (primary N) is 1. The van der Waals surface area contributed by atoms with E-state index in [1.165, 1.54) is 32.4 Å². The zero-order valence-electron chi connectivity index (χ0n) is 11.5. The van der Waals surface area contributed by atoms with Crippen molar-refractivity contribution in [1.29, 1.82) is 0 Å². The molecule has 4 nitrogen and oxygen atoms in total. The van der Waals surface area contributed by atoms with Crippen molar-refractivity contribution in [2.24, 2.45) is 0 Å². The van der Waals surface area contributed by atoms with Crippen LogP contribution in [0.3, 0.4) is 0 Å². The van der Waals surface area contributed by atoms with Crippen LogP contribution in [0.4, 0.5) is 11.4 Å². The lowest BCUT2D eigenvalue weighted by molar-refractivity contribution is 0.318. The quantitative estimate of drug-likeness (QED) is 0.822. The molecule has 4 rings (SSSR count). The number of fused-ring (bicyclic) bond motifs is 2. The maximum absolute atomic E-state index is 6.04. The third-order valence-electron chi connectivity index (χ3n) is 4.75. The van der Waals surface area contributed by atoms with E-state index in [-0.39, 0.29) is 0 Å². The summed E-state index contributed by atoms with van der Waals surface area (Å²) in [5.74, 6) is 0. The third-order valence-corrected chi connectivity index (χ3v) is 4.75. The van der Waals surface area contributed by atoms with Gasteiger partial charge in [0.25, 0.3) is 0 Å². The second kappa shape index (κ2) is 4.63. The molecule has 2 saturated heterocycles. The van der Waals surface area contributed by atoms with Gasteiger partial charge in [0.05, 0.1) is 11.2 Å². The van der Waals surface area contributed by atoms with Crippen LogP contribution in [-0.2, 0) is 0 Å². The zero-order chi connectivity index (χ0) is 13.5. The highest BCUT2D eigenvalue weighted by Crippen LogP contribution is 2.32. The van der Waals surface area contributed by atoms with E-state index in [4.69, 9.17) is 5.73 Å². The van der Waals surface area contributed by atoms with E-state index in [1.54, 1.807) is 0 Å². The van der Waals surface area contributed by atoms with Crippen molar-refractivity contribution in [3.8, 4) is 0 Å². The minimum Gasteiger partial charge on any atom is -0.398 e. The number of hydrogen-bond acceptors (Lipinski definition) is 4. The summed E-state index contributed by atoms with van der Waals surface area (Å²) in [6.45, 7) is 2.49. The van der Waals surface area contributed by atoms with Gasteiger partial charge < -0.3 is 11.1 Å². The summed E-state index contributed by atoms with van der Waals surface area (Å²) >= 11 is 0. The predicted molar refractivity (Wildman–Crippen MR) is 82.8 cm³/mol. The second-order valence-electron chi connectivity index (χ2n) is 5.89. The molecule has 0 bridgehead atoms. The SMILES string of the molecule is Nc1ccc(NC2CCN3CCCC23)c2ncccc12. The second-order valence-corrected chi connectivity index (χ2v) is 5.89. The standard InChI is InChI=1S/C16H20N4/c17-12-5-6-14(16-11(12)3-1-8-18-16)19-13-7-10-20-9-2-4-15(13)20/h1,3,5-6,8,13,15,19H,2,4,7,9-10,17H2. The van der Waals surface area contributed by atoms with Crippen molar-refractivity contribution < 1.29 is 0 Å². The number of anilines is 2. The Morgan fingerprint density at radius 2 is 2.15 bits per heavy atom. The number of hydrogen-bond donors (Lipinski definition) is 2. The first-order valence-corrected chi connectivity index (χ1v) is 7.47. The Hall–Kier alpha value is -1.81. The first-order chi connectivity index (χ1) is 9.83. The molecule has 20 heavy (non-hydrogen) atoms. The average molecular weight is 268 g/mol. The average Bonchev–Trinajstić information content (AvgIpc) is 3.07. The molecule has 2 aliphatic rings. The number of nitrogens with zero attached hydrogens (tertiary/aromatic N) is 2. The van der Waals surface area contributed by atoms with Crippen molar-refractivity contribution in [2.75, 3.05) is 24.1 Å². The van der Waals surface area contributed by atoms with Crippen molar-refractivity contribution >= 4 is 22.3 Å². The van der Waals surface area contributed by atoms with Crippen LogP contribution in [0.25, 0.3) is 10.9 Å². The minimum atomic E-state index is 0.548. The molecule has 2 aromatic rings. The molecular formula is C16H20N4. The van der Waals surface area contributed by atoms with Crippen LogP contribution < -0.4 is 11.1 Å². The predicted octanol–water partition coefficient (Wildman–Crippen LogP) is 2.47. The van der Waals surface area contributed by atoms with Crippen molar-refractivity contribution in [1.82, 2.24) is 9.88 Å². The molecule has 0 spiro atoms. The van der Waals surface area contributed by atoms with Gasteiger partial charge in [-0.05, 0) is 50.1 Å². The van der Waals surface area contributed by atoms with E-state index in [0.29, 0.717) is 12.1 Å². The third kappa shape index (κ3) is 1.83. The molecule has 2 aliphatic heterocycles. The van der Waals surface area contributed by atoms with Gasteiger partial charge in [-0.3, -0.25) is 9.88 Å². The van der Waals surface area contributed by atoms with Crippen LogP contribution in [0.2, 0.25) is 0 Å². The van der Waals surface area contributed by atoms with Crippen molar-refractivity contribution in [3.63, 3.8) is 0 Å². The highest BCUT2D eigenvalue weighted by atomic mass is 15.2. The Kier molecular flexibility index (Phi) is 2.77. The normalized spacial score (nSPS) is 26.0. The van der Waals surface area contributed by atoms with Gasteiger partial charge in [-0.15, -0.1) is 0 Å². The number of nitrogen functional groups attached to an aromatic ring is 1. The summed E-state index contributed by atoms with van der Waals surface area (Å²) in [5.41, 5.74) is 8.95. The van der Waals surface area contributed by atoms with E-state index >= 15 is 0 Å². The number of aromatic nitrogens is 1. The van der Waals surface area contributed by atoms with Gasteiger partial charge in [0, 0.05) is 35.9 Å². The summed E-state index contributed by atoms with van der Waals surface area (Å²) in [6.07, 6.45) is 5.72. The van der Waals surface area contributed by atoms with Crippen LogP contribution in [0, 0.1) is 0 Å². The van der Waals surface area contributed by atoms with Gasteiger partial charge in [-0.1, -0.05) is 0 Å². The molecule has 0 aliphatic carbocycles. The van der Waals surface area contributed by atoms with Gasteiger partial charge in [0.15, 0.2) is 0 Å². The first-order valence-electron chi connectivity index (χ1n) is 7.47. The number of nitrogens with one attached hydrogen (secondary N) is 1. The first kappa shape index (κ1) is 12.0. The maximum atomic E-state index is 6.04. The molecule has 0 radical (unpaired) electrons. The van der Waals surface area contributed by atoms with Gasteiger partial charge in [-0.2, -0.15) is 0 Å². The van der Waals surface area contributed by atoms with Crippen LogP contribution in [-0.4, -0.2) is 35.1 Å². The molecule has 4 heteroatoms. The summed E-state index contributed by atoms with van der Waals surface area (Å²) in [7, 11) is 0. The lowest BCUT2D eigenvalue weighted by Crippen LogP contribution is -2.33. The summed E-state index contributed by atoms with van der Waals surface area (Å²) in [5, 5.41) is 4.76. The van der Waals surface area contributed by atoms with Gasteiger partial charge in [0.1, 0.15) is 0 Å². The van der Waals surface area contributed by atoms with E-state index in [9.17, 15) is 0 Å². The lowest BCUT2D eigenvalue weighted by atomic mass is 10.1. The van der Waals surface area contributed by atoms with Crippen LogP contribution in [0.1, 0.15) is 19.3 Å². The molecular weight excluding hydrogens is 248 g/mol. The fourth-order valence-corrected chi connectivity index (χ4v) is 3.76. The van der Waals surface area contributed by atoms with E-state index in [0.717, 1.165) is 22.3 Å². The topological polar surface area (TPSA) is 54.2 Å². The number of rotatable bonds is 2. The van der Waals surface area contributed by atoms with Crippen molar-refractivity contribution in [2.45, 2.75) is 31.3 Å². The Balaban J connectivity index is 1.68. The molecule has 0 amide bonds. The van der Waals surface area contributed by atoms with Crippen molar-refractivity contribution in [3.05, 3.63) is 30.5 Å². The Labute approximate surface area is 119 Å². The fourth-order valence-electron chi connectivity index (χ4n) is 3.76. The maximum Gasteiger partial charge on any atom is 0.0953 e. The molecule has 2 fully saturated rings. The van der Waals surface area contributed by atoms with Gasteiger partial charge in [0.2, 0.25) is 0 Å². The molecule has 104 valence electrons. The molecule has 0 saturated carbocycles. The molecule has 3 N–H and O–H groups in total. The lowest BCUT2D eigenvalue weighted by Gasteiger charge is -2.23. The zero-order valence-corrected chi connectivity index (χ0v) is 11.5. The molecule has 2 unspecified atom stereocenters. The summed E-state index contributed by atoms with van der Waals surface area (Å²) < 4.78 is 0. The fraction of sp³-hybridized carbons (Fsp3) is 0.438. The van der Waals surface area contributed by atoms with E-state index in [2.05, 4.69) is 21.3 Å². The Morgan fingerprint density at radius 1 is 1.20 bits per heavy atom. The largest absolute Gasteiger partial charge is 0.398 e. The van der Waals surface area contributed by atoms with E-state index < -0.39 is 0 Å². The minimum absolute atomic E-state index is 0.548. The number of benzene rings is 1. The van der Waals surface area contributed by atoms with E-state index in [1.807, 2.05) is 24.4 Å². The molecule has 1 aromatic carbocycles. The van der Waals surface area contributed by atoms with Crippen LogP contribution >= 0.6 is 0 Å². The monoisotopic (exact) mass is 268 g/mol. The molecule has 2 atom stereocenters. The summed E-state index contributed by atoms with van der Waals surface area (Å²) in [6, 6.07) is 9.28. The highest BCUT2D eigenvalue weighted by Gasteiger charge is 2.37. The van der Waals surface area contributed by atoms with Gasteiger partial charge >= 0.3 is 0 Å². The molecule has 3 heterocycles. The van der Waals surface area contributed by atoms with Gasteiger partial charge in [-0.25, -0.2) is 0 Å². The Bertz CT molecular complexity index is 639. The summed E-state index contributed by atoms with van der Waals surface area (Å²) in [4.78, 5) is 7.13. The van der Waals surface area contributed by atoms with Crippen LogP contribution in [0.15, 0.2) is 30.5 Å². The molecule has 1 aromatic heterocycles. The number of pyridine rings is 1.